The van der Waals surface area contributed by atoms with Crippen LogP contribution in [0.15, 0.2) is 23.1 Å². The lowest BCUT2D eigenvalue weighted by Gasteiger charge is -2.14. The largest absolute Gasteiger partial charge is 0.491 e. The molecule has 0 spiro atoms. The van der Waals surface area contributed by atoms with Crippen LogP contribution >= 0.6 is 0 Å². The third-order valence-electron chi connectivity index (χ3n) is 2.84. The van der Waals surface area contributed by atoms with E-state index in [0.29, 0.717) is 18.8 Å². The highest BCUT2D eigenvalue weighted by Crippen LogP contribution is 2.22. The van der Waals surface area contributed by atoms with Crippen molar-refractivity contribution in [2.45, 2.75) is 45.1 Å². The summed E-state index contributed by atoms with van der Waals surface area (Å²) in [5, 5.41) is 3.15. The lowest BCUT2D eigenvalue weighted by atomic mass is 10.2. The SMILES string of the molecule is CCCNCCNS(=O)(=O)c1ccc(OC(C)C)c(C)c1. The molecular weight excluding hydrogens is 288 g/mol. The van der Waals surface area contributed by atoms with E-state index in [4.69, 9.17) is 4.74 Å². The second-order valence-corrected chi connectivity index (χ2v) is 7.01. The van der Waals surface area contributed by atoms with Crippen molar-refractivity contribution in [3.63, 3.8) is 0 Å². The quantitative estimate of drug-likeness (QED) is 0.685. The van der Waals surface area contributed by atoms with Crippen molar-refractivity contribution in [3.05, 3.63) is 23.8 Å². The Kier molecular flexibility index (Phi) is 7.14. The van der Waals surface area contributed by atoms with Crippen LogP contribution < -0.4 is 14.8 Å². The number of hydrogen-bond donors (Lipinski definition) is 2. The number of sulfonamides is 1. The third kappa shape index (κ3) is 6.03. The van der Waals surface area contributed by atoms with E-state index < -0.39 is 10.0 Å². The normalized spacial score (nSPS) is 11.9. The van der Waals surface area contributed by atoms with E-state index in [1.807, 2.05) is 20.8 Å². The Morgan fingerprint density at radius 2 is 1.90 bits per heavy atom. The first-order chi connectivity index (χ1) is 9.86. The van der Waals surface area contributed by atoms with Gasteiger partial charge in [-0.2, -0.15) is 0 Å². The third-order valence-corrected chi connectivity index (χ3v) is 4.30. The minimum absolute atomic E-state index is 0.0638. The zero-order valence-electron chi connectivity index (χ0n) is 13.3. The van der Waals surface area contributed by atoms with Crippen LogP contribution in [0.1, 0.15) is 32.8 Å². The molecule has 0 saturated heterocycles. The molecule has 1 aromatic rings. The average Bonchev–Trinajstić information content (AvgIpc) is 2.40. The maximum absolute atomic E-state index is 12.2. The summed E-state index contributed by atoms with van der Waals surface area (Å²) in [4.78, 5) is 0.270. The van der Waals surface area contributed by atoms with Gasteiger partial charge in [0.1, 0.15) is 5.75 Å². The molecule has 21 heavy (non-hydrogen) atoms. The van der Waals surface area contributed by atoms with Crippen LogP contribution in [0.4, 0.5) is 0 Å². The van der Waals surface area contributed by atoms with Crippen molar-refractivity contribution in [2.24, 2.45) is 0 Å². The van der Waals surface area contributed by atoms with E-state index in [9.17, 15) is 8.42 Å². The Morgan fingerprint density at radius 1 is 1.19 bits per heavy atom. The van der Waals surface area contributed by atoms with Crippen LogP contribution in [-0.4, -0.2) is 34.2 Å². The van der Waals surface area contributed by atoms with Crippen molar-refractivity contribution >= 4 is 10.0 Å². The molecular formula is C15H26N2O3S. The maximum atomic E-state index is 12.2. The van der Waals surface area contributed by atoms with Crippen LogP contribution in [0.3, 0.4) is 0 Å². The molecule has 0 heterocycles. The Hall–Kier alpha value is -1.11. The minimum atomic E-state index is -3.46. The van der Waals surface area contributed by atoms with Gasteiger partial charge < -0.3 is 10.1 Å². The van der Waals surface area contributed by atoms with Crippen LogP contribution in [0, 0.1) is 6.92 Å². The molecule has 5 nitrogen and oxygen atoms in total. The fourth-order valence-electron chi connectivity index (χ4n) is 1.83. The predicted octanol–water partition coefficient (Wildman–Crippen LogP) is 2.06. The van der Waals surface area contributed by atoms with Gasteiger partial charge in [0.15, 0.2) is 0 Å². The van der Waals surface area contributed by atoms with Gasteiger partial charge in [-0.3, -0.25) is 0 Å². The van der Waals surface area contributed by atoms with E-state index in [1.54, 1.807) is 18.2 Å². The van der Waals surface area contributed by atoms with Crippen LogP contribution in [0.2, 0.25) is 0 Å². The molecule has 0 amide bonds. The van der Waals surface area contributed by atoms with Crippen molar-refractivity contribution < 1.29 is 13.2 Å². The second-order valence-electron chi connectivity index (χ2n) is 5.24. The smallest absolute Gasteiger partial charge is 0.240 e. The number of aryl methyl sites for hydroxylation is 1. The number of benzene rings is 1. The monoisotopic (exact) mass is 314 g/mol. The molecule has 0 aliphatic rings. The summed E-state index contributed by atoms with van der Waals surface area (Å²) >= 11 is 0. The second kappa shape index (κ2) is 8.36. The highest BCUT2D eigenvalue weighted by Gasteiger charge is 2.15. The molecule has 0 radical (unpaired) electrons. The molecule has 0 fully saturated rings. The molecule has 1 rings (SSSR count). The van der Waals surface area contributed by atoms with Gasteiger partial charge in [-0.1, -0.05) is 6.92 Å². The van der Waals surface area contributed by atoms with Crippen LogP contribution in [0.25, 0.3) is 0 Å². The zero-order valence-corrected chi connectivity index (χ0v) is 14.1. The molecule has 1 aromatic carbocycles. The van der Waals surface area contributed by atoms with Crippen molar-refractivity contribution in [1.82, 2.24) is 10.0 Å². The summed E-state index contributed by atoms with van der Waals surface area (Å²) in [6.07, 6.45) is 1.09. The number of ether oxygens (including phenoxy) is 1. The topological polar surface area (TPSA) is 67.4 Å². The lowest BCUT2D eigenvalue weighted by Crippen LogP contribution is -2.32. The predicted molar refractivity (Wildman–Crippen MR) is 85.3 cm³/mol. The summed E-state index contributed by atoms with van der Waals surface area (Å²) in [6, 6.07) is 4.92. The Labute approximate surface area is 128 Å². The molecule has 2 N–H and O–H groups in total. The summed E-state index contributed by atoms with van der Waals surface area (Å²) in [6.45, 7) is 9.69. The van der Waals surface area contributed by atoms with Gasteiger partial charge >= 0.3 is 0 Å². The lowest BCUT2D eigenvalue weighted by molar-refractivity contribution is 0.240. The highest BCUT2D eigenvalue weighted by molar-refractivity contribution is 7.89. The number of nitrogens with one attached hydrogen (secondary N) is 2. The standard InChI is InChI=1S/C15H26N2O3S/c1-5-8-16-9-10-17-21(18,19)14-6-7-15(13(4)11-14)20-12(2)3/h6-7,11-12,16-17H,5,8-10H2,1-4H3. The van der Waals surface area contributed by atoms with E-state index in [2.05, 4.69) is 17.0 Å². The van der Waals surface area contributed by atoms with Crippen molar-refractivity contribution in [2.75, 3.05) is 19.6 Å². The van der Waals surface area contributed by atoms with Gasteiger partial charge in [-0.05, 0) is 57.5 Å². The fraction of sp³-hybridized carbons (Fsp3) is 0.600. The summed E-state index contributed by atoms with van der Waals surface area (Å²) in [5.41, 5.74) is 0.815. The van der Waals surface area contributed by atoms with Crippen molar-refractivity contribution in [1.29, 1.82) is 0 Å². The van der Waals surface area contributed by atoms with Gasteiger partial charge in [0.2, 0.25) is 10.0 Å². The molecule has 0 aliphatic carbocycles. The van der Waals surface area contributed by atoms with E-state index in [0.717, 1.165) is 18.5 Å². The zero-order chi connectivity index (χ0) is 15.9. The Morgan fingerprint density at radius 3 is 2.48 bits per heavy atom. The molecule has 0 atom stereocenters. The van der Waals surface area contributed by atoms with Crippen LogP contribution in [-0.2, 0) is 10.0 Å². The average molecular weight is 314 g/mol. The number of hydrogen-bond acceptors (Lipinski definition) is 4. The van der Waals surface area contributed by atoms with Crippen LogP contribution in [0.5, 0.6) is 5.75 Å². The molecule has 0 unspecified atom stereocenters. The van der Waals surface area contributed by atoms with Crippen molar-refractivity contribution in [3.8, 4) is 5.75 Å². The van der Waals surface area contributed by atoms with E-state index in [-0.39, 0.29) is 11.0 Å². The highest BCUT2D eigenvalue weighted by atomic mass is 32.2. The van der Waals surface area contributed by atoms with Gasteiger partial charge in [-0.15, -0.1) is 0 Å². The molecule has 0 aromatic heterocycles. The molecule has 0 aliphatic heterocycles. The molecule has 0 saturated carbocycles. The molecule has 6 heteroatoms. The van der Waals surface area contributed by atoms with Gasteiger partial charge in [0, 0.05) is 13.1 Å². The number of rotatable bonds is 9. The van der Waals surface area contributed by atoms with E-state index in [1.165, 1.54) is 0 Å². The molecule has 120 valence electrons. The summed E-state index contributed by atoms with van der Waals surface area (Å²) in [5.74, 6) is 0.716. The first-order valence-corrected chi connectivity index (χ1v) is 8.83. The van der Waals surface area contributed by atoms with Gasteiger partial charge in [0.25, 0.3) is 0 Å². The van der Waals surface area contributed by atoms with Gasteiger partial charge in [0.05, 0.1) is 11.0 Å². The van der Waals surface area contributed by atoms with E-state index >= 15 is 0 Å². The maximum Gasteiger partial charge on any atom is 0.240 e. The first-order valence-electron chi connectivity index (χ1n) is 7.34. The molecule has 0 bridgehead atoms. The Balaban J connectivity index is 2.68. The minimum Gasteiger partial charge on any atom is -0.491 e. The summed E-state index contributed by atoms with van der Waals surface area (Å²) in [7, 11) is -3.46. The first kappa shape index (κ1) is 17.9. The fourth-order valence-corrected chi connectivity index (χ4v) is 2.95. The Bertz CT molecular complexity index is 542. The summed E-state index contributed by atoms with van der Waals surface area (Å²) < 4.78 is 32.5. The van der Waals surface area contributed by atoms with Gasteiger partial charge in [-0.25, -0.2) is 13.1 Å².